The molecule has 0 bridgehead atoms. The quantitative estimate of drug-likeness (QED) is 0.499. The van der Waals surface area contributed by atoms with E-state index in [-0.39, 0.29) is 31.7 Å². The maximum atomic E-state index is 13.1. The van der Waals surface area contributed by atoms with Crippen molar-refractivity contribution in [1.29, 1.82) is 0 Å². The normalized spacial score (nSPS) is 20.4. The third-order valence-electron chi connectivity index (χ3n) is 5.81. The molecule has 2 heterocycles. The standard InChI is InChI=1S/C21H24F9N3O4/c1-13-11-31(4-5-33(13)18(34)36-17(19(22,23)24)20(25,26)27)12-14-2-3-15(32-6-8-35-9-7-32)10-16(14)37-21(28,29)30/h2-3,10,13,17H,4-9,11-12H2,1H3/t13-/m0/s1. The van der Waals surface area contributed by atoms with Crippen LogP contribution in [0.3, 0.4) is 0 Å². The van der Waals surface area contributed by atoms with Crippen LogP contribution in [0.15, 0.2) is 18.2 Å². The number of hydrogen-bond donors (Lipinski definition) is 0. The summed E-state index contributed by atoms with van der Waals surface area (Å²) in [5.41, 5.74) is 0.655. The second-order valence-corrected chi connectivity index (χ2v) is 8.56. The minimum absolute atomic E-state index is 0.0428. The molecule has 2 saturated heterocycles. The van der Waals surface area contributed by atoms with E-state index < -0.39 is 42.7 Å². The lowest BCUT2D eigenvalue weighted by Gasteiger charge is -2.40. The highest BCUT2D eigenvalue weighted by atomic mass is 19.4. The molecule has 0 aromatic heterocycles. The van der Waals surface area contributed by atoms with E-state index in [0.717, 1.165) is 4.90 Å². The van der Waals surface area contributed by atoms with E-state index in [1.54, 1.807) is 11.0 Å². The highest BCUT2D eigenvalue weighted by Crippen LogP contribution is 2.36. The zero-order valence-corrected chi connectivity index (χ0v) is 19.4. The molecule has 0 saturated carbocycles. The lowest BCUT2D eigenvalue weighted by atomic mass is 10.1. The summed E-state index contributed by atoms with van der Waals surface area (Å²) in [7, 11) is 0. The van der Waals surface area contributed by atoms with Gasteiger partial charge in [0.25, 0.3) is 6.10 Å². The number of hydrogen-bond acceptors (Lipinski definition) is 6. The Balaban J connectivity index is 1.69. The van der Waals surface area contributed by atoms with Crippen molar-refractivity contribution >= 4 is 11.8 Å². The average Bonchev–Trinajstić information content (AvgIpc) is 2.76. The Morgan fingerprint density at radius 1 is 1.00 bits per heavy atom. The minimum atomic E-state index is -5.85. The van der Waals surface area contributed by atoms with Crippen molar-refractivity contribution in [3.8, 4) is 5.75 Å². The highest BCUT2D eigenvalue weighted by molar-refractivity contribution is 5.68. The van der Waals surface area contributed by atoms with Gasteiger partial charge in [-0.2, -0.15) is 26.3 Å². The number of nitrogens with zero attached hydrogens (tertiary/aromatic N) is 3. The largest absolute Gasteiger partial charge is 0.573 e. The van der Waals surface area contributed by atoms with Gasteiger partial charge in [-0.1, -0.05) is 6.07 Å². The van der Waals surface area contributed by atoms with Gasteiger partial charge >= 0.3 is 24.8 Å². The van der Waals surface area contributed by atoms with E-state index >= 15 is 0 Å². The van der Waals surface area contributed by atoms with Gasteiger partial charge in [0.1, 0.15) is 5.75 Å². The maximum absolute atomic E-state index is 13.1. The Morgan fingerprint density at radius 2 is 1.62 bits per heavy atom. The molecule has 1 aromatic carbocycles. The zero-order valence-electron chi connectivity index (χ0n) is 19.4. The van der Waals surface area contributed by atoms with Crippen molar-refractivity contribution in [2.45, 2.75) is 44.3 Å². The van der Waals surface area contributed by atoms with Crippen LogP contribution in [0, 0.1) is 0 Å². The first kappa shape index (κ1) is 28.9. The summed E-state index contributed by atoms with van der Waals surface area (Å²) in [4.78, 5) is 16.3. The summed E-state index contributed by atoms with van der Waals surface area (Å²) in [6.45, 7) is 2.68. The molecular formula is C21H24F9N3O4. The predicted molar refractivity (Wildman–Crippen MR) is 110 cm³/mol. The molecule has 0 N–H and O–H groups in total. The van der Waals surface area contributed by atoms with Crippen LogP contribution < -0.4 is 9.64 Å². The molecule has 7 nitrogen and oxygen atoms in total. The molecule has 210 valence electrons. The van der Waals surface area contributed by atoms with E-state index in [1.807, 2.05) is 4.90 Å². The monoisotopic (exact) mass is 553 g/mol. The van der Waals surface area contributed by atoms with E-state index in [2.05, 4.69) is 9.47 Å². The van der Waals surface area contributed by atoms with Crippen molar-refractivity contribution < 1.29 is 58.5 Å². The summed E-state index contributed by atoms with van der Waals surface area (Å²) >= 11 is 0. The van der Waals surface area contributed by atoms with Crippen LogP contribution in [-0.4, -0.2) is 92.7 Å². The van der Waals surface area contributed by atoms with Gasteiger partial charge in [0, 0.05) is 62.6 Å². The number of ether oxygens (including phenoxy) is 3. The van der Waals surface area contributed by atoms with E-state index in [1.165, 1.54) is 19.1 Å². The van der Waals surface area contributed by atoms with Gasteiger partial charge in [-0.15, -0.1) is 13.2 Å². The molecule has 16 heteroatoms. The molecule has 0 unspecified atom stereocenters. The predicted octanol–water partition coefficient (Wildman–Crippen LogP) is 4.56. The average molecular weight is 553 g/mol. The Labute approximate surface area is 205 Å². The highest BCUT2D eigenvalue weighted by Gasteiger charge is 2.60. The first-order valence-corrected chi connectivity index (χ1v) is 11.1. The number of carbonyl (C=O) groups is 1. The Bertz CT molecular complexity index is 919. The van der Waals surface area contributed by atoms with Crippen LogP contribution in [-0.2, 0) is 16.0 Å². The molecule has 37 heavy (non-hydrogen) atoms. The van der Waals surface area contributed by atoms with Crippen LogP contribution in [0.5, 0.6) is 5.75 Å². The second kappa shape index (κ2) is 11.0. The fourth-order valence-corrected chi connectivity index (χ4v) is 4.09. The second-order valence-electron chi connectivity index (χ2n) is 8.56. The number of halogens is 9. The molecule has 1 amide bonds. The van der Waals surface area contributed by atoms with E-state index in [4.69, 9.17) is 4.74 Å². The summed E-state index contributed by atoms with van der Waals surface area (Å²) in [6.07, 6.45) is -22.7. The first-order valence-electron chi connectivity index (χ1n) is 11.1. The van der Waals surface area contributed by atoms with Crippen molar-refractivity contribution in [3.05, 3.63) is 23.8 Å². The van der Waals surface area contributed by atoms with Crippen molar-refractivity contribution in [1.82, 2.24) is 9.80 Å². The number of carbonyl (C=O) groups excluding carboxylic acids is 1. The zero-order chi connectivity index (χ0) is 27.6. The maximum Gasteiger partial charge on any atom is 0.573 e. The minimum Gasteiger partial charge on any atom is -0.426 e. The van der Waals surface area contributed by atoms with Gasteiger partial charge in [0.2, 0.25) is 0 Å². The summed E-state index contributed by atoms with van der Waals surface area (Å²) in [5, 5.41) is 0. The van der Waals surface area contributed by atoms with Gasteiger partial charge in [0.15, 0.2) is 0 Å². The third-order valence-corrected chi connectivity index (χ3v) is 5.81. The number of amides is 1. The van der Waals surface area contributed by atoms with E-state index in [0.29, 0.717) is 32.0 Å². The van der Waals surface area contributed by atoms with Crippen LogP contribution in [0.1, 0.15) is 12.5 Å². The third kappa shape index (κ3) is 7.93. The van der Waals surface area contributed by atoms with Gasteiger partial charge in [0.05, 0.1) is 13.2 Å². The fourth-order valence-electron chi connectivity index (χ4n) is 4.09. The van der Waals surface area contributed by atoms with Gasteiger partial charge in [-0.05, 0) is 13.0 Å². The number of alkyl halides is 9. The molecule has 1 aromatic rings. The SMILES string of the molecule is C[C@H]1CN(Cc2ccc(N3CCOCC3)cc2OC(F)(F)F)CCN1C(=O)OC(C(F)(F)F)C(F)(F)F. The molecule has 0 aliphatic carbocycles. The smallest absolute Gasteiger partial charge is 0.426 e. The lowest BCUT2D eigenvalue weighted by molar-refractivity contribution is -0.308. The van der Waals surface area contributed by atoms with Gasteiger partial charge in [-0.3, -0.25) is 4.90 Å². The Morgan fingerprint density at radius 3 is 2.16 bits per heavy atom. The Kier molecular flexibility index (Phi) is 8.61. The van der Waals surface area contributed by atoms with Crippen LogP contribution in [0.2, 0.25) is 0 Å². The van der Waals surface area contributed by atoms with Crippen molar-refractivity contribution in [2.24, 2.45) is 0 Å². The van der Waals surface area contributed by atoms with Crippen molar-refractivity contribution in [2.75, 3.05) is 50.8 Å². The number of morpholine rings is 1. The molecule has 3 rings (SSSR count). The topological polar surface area (TPSA) is 54.5 Å². The number of anilines is 1. The van der Waals surface area contributed by atoms with Crippen LogP contribution >= 0.6 is 0 Å². The Hall–Kier alpha value is -2.62. The van der Waals surface area contributed by atoms with Gasteiger partial charge in [-0.25, -0.2) is 4.79 Å². The first-order chi connectivity index (χ1) is 17.0. The molecule has 2 aliphatic heterocycles. The molecule has 1 atom stereocenters. The molecule has 2 aliphatic rings. The van der Waals surface area contributed by atoms with Crippen molar-refractivity contribution in [3.63, 3.8) is 0 Å². The van der Waals surface area contributed by atoms with Gasteiger partial charge < -0.3 is 24.0 Å². The fraction of sp³-hybridized carbons (Fsp3) is 0.667. The molecule has 0 spiro atoms. The van der Waals surface area contributed by atoms with Crippen LogP contribution in [0.25, 0.3) is 0 Å². The van der Waals surface area contributed by atoms with E-state index in [9.17, 15) is 44.3 Å². The lowest BCUT2D eigenvalue weighted by Crippen LogP contribution is -2.56. The molecular weight excluding hydrogens is 529 g/mol. The molecule has 2 fully saturated rings. The summed E-state index contributed by atoms with van der Waals surface area (Å²) in [6, 6.07) is 3.44. The summed E-state index contributed by atoms with van der Waals surface area (Å²) < 4.78 is 129. The van der Waals surface area contributed by atoms with Crippen LogP contribution in [0.4, 0.5) is 50.0 Å². The number of rotatable bonds is 5. The number of piperazine rings is 1. The number of benzene rings is 1. The molecule has 0 radical (unpaired) electrons. The summed E-state index contributed by atoms with van der Waals surface area (Å²) in [5.74, 6) is -0.441.